The van der Waals surface area contributed by atoms with Crippen molar-refractivity contribution < 1.29 is 9.16 Å². The molecule has 0 bridgehead atoms. The molecule has 3 heteroatoms. The Morgan fingerprint density at radius 1 is 0.538 bits per heavy atom. The van der Waals surface area contributed by atoms with Crippen molar-refractivity contribution in [3.63, 3.8) is 0 Å². The summed E-state index contributed by atoms with van der Waals surface area (Å²) < 4.78 is 11.4. The van der Waals surface area contributed by atoms with Gasteiger partial charge in [0.2, 0.25) is 0 Å². The molecule has 0 aromatic rings. The third-order valence-electron chi connectivity index (χ3n) is 4.80. The van der Waals surface area contributed by atoms with Crippen LogP contribution in [0.4, 0.5) is 0 Å². The average molecular weight is 387 g/mol. The van der Waals surface area contributed by atoms with E-state index in [1.807, 2.05) is 0 Å². The van der Waals surface area contributed by atoms with E-state index in [9.17, 15) is 0 Å². The second kappa shape index (κ2) is 19.9. The van der Waals surface area contributed by atoms with E-state index < -0.39 is 9.76 Å². The van der Waals surface area contributed by atoms with E-state index >= 15 is 0 Å². The first-order valence-corrected chi connectivity index (χ1v) is 13.0. The number of hydrogen-bond acceptors (Lipinski definition) is 2. The van der Waals surface area contributed by atoms with E-state index in [1.54, 1.807) is 0 Å². The first-order chi connectivity index (χ1) is 12.6. The predicted molar refractivity (Wildman–Crippen MR) is 120 cm³/mol. The van der Waals surface area contributed by atoms with E-state index in [0.29, 0.717) is 5.04 Å². The van der Waals surface area contributed by atoms with Crippen LogP contribution in [0.3, 0.4) is 0 Å². The first-order valence-electron chi connectivity index (χ1n) is 11.7. The summed E-state index contributed by atoms with van der Waals surface area (Å²) >= 11 is 0. The highest BCUT2D eigenvalue weighted by molar-refractivity contribution is 6.31. The highest BCUT2D eigenvalue weighted by atomic mass is 28.2. The largest absolute Gasteiger partial charge is 0.421 e. The van der Waals surface area contributed by atoms with Crippen LogP contribution in [0, 0.1) is 0 Å². The zero-order valence-electron chi connectivity index (χ0n) is 18.8. The fourth-order valence-corrected chi connectivity index (χ4v) is 4.05. The quantitative estimate of drug-likeness (QED) is 0.163. The molecule has 0 saturated heterocycles. The van der Waals surface area contributed by atoms with Crippen molar-refractivity contribution in [3.8, 4) is 0 Å². The van der Waals surface area contributed by atoms with Gasteiger partial charge in [0.15, 0.2) is 9.76 Å². The van der Waals surface area contributed by atoms with E-state index in [4.69, 9.17) is 9.16 Å². The maximum Gasteiger partial charge on any atom is 0.166 e. The van der Waals surface area contributed by atoms with Crippen molar-refractivity contribution in [1.29, 1.82) is 0 Å². The van der Waals surface area contributed by atoms with Gasteiger partial charge in [-0.25, -0.2) is 0 Å². The number of rotatable bonds is 20. The van der Waals surface area contributed by atoms with Crippen molar-refractivity contribution in [2.45, 2.75) is 129 Å². The smallest absolute Gasteiger partial charge is 0.166 e. The molecular formula is C23H50O2Si. The molecule has 0 spiro atoms. The SMILES string of the molecule is CCCCCCCCCCCCCCCCCOCCO[SiH2]C(C)(C)C. The normalized spacial score (nSPS) is 12.5. The van der Waals surface area contributed by atoms with Gasteiger partial charge in [-0.05, 0) is 11.5 Å². The highest BCUT2D eigenvalue weighted by Crippen LogP contribution is 2.19. The molecule has 0 aliphatic heterocycles. The topological polar surface area (TPSA) is 18.5 Å². The molecule has 158 valence electrons. The summed E-state index contributed by atoms with van der Waals surface area (Å²) in [6, 6.07) is 0. The number of ether oxygens (including phenoxy) is 1. The van der Waals surface area contributed by atoms with Gasteiger partial charge in [-0.1, -0.05) is 118 Å². The lowest BCUT2D eigenvalue weighted by Crippen LogP contribution is -2.15. The Hall–Kier alpha value is 0.137. The van der Waals surface area contributed by atoms with Gasteiger partial charge in [-0.3, -0.25) is 0 Å². The minimum atomic E-state index is -0.398. The minimum Gasteiger partial charge on any atom is -0.421 e. The zero-order chi connectivity index (χ0) is 19.3. The molecule has 0 amide bonds. The fourth-order valence-electron chi connectivity index (χ4n) is 3.17. The van der Waals surface area contributed by atoms with E-state index in [2.05, 4.69) is 27.7 Å². The van der Waals surface area contributed by atoms with E-state index in [-0.39, 0.29) is 0 Å². The Bertz CT molecular complexity index is 263. The number of hydrogen-bond donors (Lipinski definition) is 0. The van der Waals surface area contributed by atoms with Gasteiger partial charge >= 0.3 is 0 Å². The molecule has 0 N–H and O–H groups in total. The molecule has 26 heavy (non-hydrogen) atoms. The molecule has 0 aromatic heterocycles. The zero-order valence-corrected chi connectivity index (χ0v) is 20.2. The van der Waals surface area contributed by atoms with Crippen LogP contribution in [0.1, 0.15) is 124 Å². The van der Waals surface area contributed by atoms with Gasteiger partial charge < -0.3 is 9.16 Å². The standard InChI is InChI=1S/C23H50O2Si/c1-5-6-7-8-9-10-11-12-13-14-15-16-17-18-19-20-24-21-22-25-26-23(2,3)4/h5-22,26H2,1-4H3. The number of unbranched alkanes of at least 4 members (excludes halogenated alkanes) is 14. The van der Waals surface area contributed by atoms with Crippen molar-refractivity contribution in [2.24, 2.45) is 0 Å². The van der Waals surface area contributed by atoms with E-state index in [1.165, 1.54) is 96.3 Å². The predicted octanol–water partition coefficient (Wildman–Crippen LogP) is 7.19. The van der Waals surface area contributed by atoms with Crippen LogP contribution in [-0.4, -0.2) is 29.6 Å². The van der Waals surface area contributed by atoms with Crippen LogP contribution in [0.25, 0.3) is 0 Å². The van der Waals surface area contributed by atoms with Gasteiger partial charge in [0, 0.05) is 6.61 Å². The molecule has 0 radical (unpaired) electrons. The molecule has 0 unspecified atom stereocenters. The summed E-state index contributed by atoms with van der Waals surface area (Å²) in [5.74, 6) is 0. The van der Waals surface area contributed by atoms with Crippen molar-refractivity contribution >= 4 is 9.76 Å². The molecule has 0 saturated carbocycles. The van der Waals surface area contributed by atoms with Gasteiger partial charge in [0.1, 0.15) is 0 Å². The molecule has 0 aliphatic rings. The molecule has 0 aromatic carbocycles. The first kappa shape index (κ1) is 26.1. The van der Waals surface area contributed by atoms with Crippen LogP contribution in [0.2, 0.25) is 5.04 Å². The molecule has 0 rings (SSSR count). The summed E-state index contributed by atoms with van der Waals surface area (Å²) in [4.78, 5) is 0. The molecular weight excluding hydrogens is 336 g/mol. The van der Waals surface area contributed by atoms with Gasteiger partial charge in [0.05, 0.1) is 13.2 Å². The third kappa shape index (κ3) is 24.1. The Labute approximate surface area is 168 Å². The summed E-state index contributed by atoms with van der Waals surface area (Å²) in [7, 11) is -0.398. The monoisotopic (exact) mass is 386 g/mol. The fraction of sp³-hybridized carbons (Fsp3) is 1.00. The highest BCUT2D eigenvalue weighted by Gasteiger charge is 2.10. The van der Waals surface area contributed by atoms with Crippen LogP contribution in [0.5, 0.6) is 0 Å². The average Bonchev–Trinajstić information content (AvgIpc) is 2.59. The summed E-state index contributed by atoms with van der Waals surface area (Å²) in [6.07, 6.45) is 21.2. The van der Waals surface area contributed by atoms with Crippen molar-refractivity contribution in [1.82, 2.24) is 0 Å². The van der Waals surface area contributed by atoms with Gasteiger partial charge in [0.25, 0.3) is 0 Å². The summed E-state index contributed by atoms with van der Waals surface area (Å²) in [5, 5.41) is 0.397. The van der Waals surface area contributed by atoms with E-state index in [0.717, 1.165) is 19.8 Å². The summed E-state index contributed by atoms with van der Waals surface area (Å²) in [5.41, 5.74) is 0. The molecule has 0 heterocycles. The Morgan fingerprint density at radius 3 is 1.38 bits per heavy atom. The molecule has 2 nitrogen and oxygen atoms in total. The third-order valence-corrected chi connectivity index (χ3v) is 6.16. The second-order valence-corrected chi connectivity index (χ2v) is 12.0. The van der Waals surface area contributed by atoms with Crippen LogP contribution >= 0.6 is 0 Å². The lowest BCUT2D eigenvalue weighted by atomic mass is 10.0. The van der Waals surface area contributed by atoms with Crippen molar-refractivity contribution in [2.75, 3.05) is 19.8 Å². The molecule has 0 atom stereocenters. The van der Waals surface area contributed by atoms with Gasteiger partial charge in [-0.2, -0.15) is 0 Å². The molecule has 0 fully saturated rings. The lowest BCUT2D eigenvalue weighted by molar-refractivity contribution is 0.0972. The second-order valence-electron chi connectivity index (χ2n) is 9.18. The van der Waals surface area contributed by atoms with Crippen LogP contribution < -0.4 is 0 Å². The van der Waals surface area contributed by atoms with Crippen LogP contribution in [-0.2, 0) is 9.16 Å². The maximum absolute atomic E-state index is 5.74. The Kier molecular flexibility index (Phi) is 20.0. The lowest BCUT2D eigenvalue weighted by Gasteiger charge is -2.16. The Balaban J connectivity index is 3.01. The Morgan fingerprint density at radius 2 is 0.962 bits per heavy atom. The minimum absolute atomic E-state index is 0.397. The van der Waals surface area contributed by atoms with Crippen LogP contribution in [0.15, 0.2) is 0 Å². The maximum atomic E-state index is 5.74. The molecule has 0 aliphatic carbocycles. The summed E-state index contributed by atoms with van der Waals surface area (Å²) in [6.45, 7) is 11.6. The van der Waals surface area contributed by atoms with Crippen molar-refractivity contribution in [3.05, 3.63) is 0 Å². The van der Waals surface area contributed by atoms with Gasteiger partial charge in [-0.15, -0.1) is 0 Å².